The number of carbonyl (C=O) groups is 1. The van der Waals surface area contributed by atoms with Crippen LogP contribution in [-0.4, -0.2) is 62.7 Å². The summed E-state index contributed by atoms with van der Waals surface area (Å²) in [6.45, 7) is 7.45. The standard InChI is InChI=1S/C19H32N4O2S/c1-18(2)15(12-19(18,3)25-6)22-17(21-13-16(24)23(4)5)20-10-9-14-8-7-11-26-14/h7-8,11,15H,9-10,12-13H2,1-6H3,(H2,20,21,22). The monoisotopic (exact) mass is 380 g/mol. The van der Waals surface area contributed by atoms with Crippen molar-refractivity contribution in [1.29, 1.82) is 0 Å². The number of hydrogen-bond acceptors (Lipinski definition) is 4. The Balaban J connectivity index is 1.98. The average molecular weight is 381 g/mol. The summed E-state index contributed by atoms with van der Waals surface area (Å²) in [6.07, 6.45) is 1.84. The van der Waals surface area contributed by atoms with Crippen molar-refractivity contribution in [1.82, 2.24) is 15.5 Å². The van der Waals surface area contributed by atoms with Gasteiger partial charge in [-0.1, -0.05) is 19.9 Å². The zero-order chi connectivity index (χ0) is 19.4. The molecular formula is C19H32N4O2S. The predicted octanol–water partition coefficient (Wildman–Crippen LogP) is 2.12. The van der Waals surface area contributed by atoms with Crippen LogP contribution in [0.25, 0.3) is 0 Å². The van der Waals surface area contributed by atoms with Gasteiger partial charge in [-0.05, 0) is 31.2 Å². The number of likely N-dealkylation sites (N-methyl/N-ethyl adjacent to an activating group) is 1. The molecule has 146 valence electrons. The molecule has 1 fully saturated rings. The molecule has 0 radical (unpaired) electrons. The van der Waals surface area contributed by atoms with E-state index in [1.807, 2.05) is 0 Å². The zero-order valence-electron chi connectivity index (χ0n) is 16.8. The minimum Gasteiger partial charge on any atom is -0.378 e. The summed E-state index contributed by atoms with van der Waals surface area (Å²) in [7, 11) is 5.25. The van der Waals surface area contributed by atoms with E-state index in [0.29, 0.717) is 5.96 Å². The van der Waals surface area contributed by atoms with Crippen LogP contribution in [-0.2, 0) is 16.0 Å². The molecule has 1 saturated carbocycles. The molecule has 1 heterocycles. The Morgan fingerprint density at radius 1 is 1.42 bits per heavy atom. The summed E-state index contributed by atoms with van der Waals surface area (Å²) in [6, 6.07) is 4.44. The number of rotatable bonds is 7. The van der Waals surface area contributed by atoms with Crippen LogP contribution >= 0.6 is 11.3 Å². The molecule has 1 aromatic rings. The molecule has 0 aromatic carbocycles. The Morgan fingerprint density at radius 3 is 2.69 bits per heavy atom. The summed E-state index contributed by atoms with van der Waals surface area (Å²) in [5.41, 5.74) is -0.171. The molecule has 7 heteroatoms. The van der Waals surface area contributed by atoms with Crippen LogP contribution in [0.2, 0.25) is 0 Å². The summed E-state index contributed by atoms with van der Waals surface area (Å²) >= 11 is 1.75. The van der Waals surface area contributed by atoms with Gasteiger partial charge in [-0.25, -0.2) is 4.99 Å². The van der Waals surface area contributed by atoms with Crippen molar-refractivity contribution >= 4 is 23.2 Å². The lowest BCUT2D eigenvalue weighted by atomic mass is 9.56. The molecular weight excluding hydrogens is 348 g/mol. The summed E-state index contributed by atoms with van der Waals surface area (Å²) in [5.74, 6) is 0.673. The van der Waals surface area contributed by atoms with Gasteiger partial charge in [0.05, 0.1) is 5.60 Å². The molecule has 1 amide bonds. The molecule has 2 N–H and O–H groups in total. The van der Waals surface area contributed by atoms with Crippen LogP contribution in [0, 0.1) is 5.41 Å². The molecule has 0 saturated heterocycles. The van der Waals surface area contributed by atoms with E-state index in [1.165, 1.54) is 4.88 Å². The van der Waals surface area contributed by atoms with E-state index < -0.39 is 0 Å². The van der Waals surface area contributed by atoms with Gasteiger partial charge in [-0.15, -0.1) is 11.3 Å². The maximum Gasteiger partial charge on any atom is 0.243 e. The number of nitrogens with one attached hydrogen (secondary N) is 2. The van der Waals surface area contributed by atoms with Crippen molar-refractivity contribution in [2.24, 2.45) is 10.4 Å². The zero-order valence-corrected chi connectivity index (χ0v) is 17.6. The van der Waals surface area contributed by atoms with Crippen LogP contribution in [0.15, 0.2) is 22.5 Å². The van der Waals surface area contributed by atoms with Gasteiger partial charge in [-0.2, -0.15) is 0 Å². The van der Waals surface area contributed by atoms with E-state index in [4.69, 9.17) is 4.74 Å². The van der Waals surface area contributed by atoms with Crippen LogP contribution < -0.4 is 10.6 Å². The van der Waals surface area contributed by atoms with Gasteiger partial charge in [0.15, 0.2) is 5.96 Å². The van der Waals surface area contributed by atoms with Gasteiger partial charge in [0.25, 0.3) is 0 Å². The second-order valence-corrected chi connectivity index (χ2v) is 8.80. The number of carbonyl (C=O) groups excluding carboxylic acids is 1. The minimum absolute atomic E-state index is 0.0149. The lowest BCUT2D eigenvalue weighted by molar-refractivity contribution is -0.176. The molecule has 1 aliphatic rings. The topological polar surface area (TPSA) is 66.0 Å². The highest BCUT2D eigenvalue weighted by atomic mass is 32.1. The Hall–Kier alpha value is -1.60. The first kappa shape index (κ1) is 20.7. The molecule has 26 heavy (non-hydrogen) atoms. The highest BCUT2D eigenvalue weighted by molar-refractivity contribution is 7.09. The molecule has 6 nitrogen and oxygen atoms in total. The Bertz CT molecular complexity index is 627. The third kappa shape index (κ3) is 4.57. The van der Waals surface area contributed by atoms with E-state index in [0.717, 1.165) is 19.4 Å². The van der Waals surface area contributed by atoms with Crippen molar-refractivity contribution < 1.29 is 9.53 Å². The van der Waals surface area contributed by atoms with Gasteiger partial charge in [0.1, 0.15) is 6.54 Å². The first-order chi connectivity index (χ1) is 12.2. The number of ether oxygens (including phenoxy) is 1. The van der Waals surface area contributed by atoms with Crippen LogP contribution in [0.1, 0.15) is 32.1 Å². The molecule has 1 aromatic heterocycles. The fourth-order valence-corrected chi connectivity index (χ4v) is 3.80. The maximum absolute atomic E-state index is 11.9. The number of thiophene rings is 1. The third-order valence-electron chi connectivity index (χ3n) is 5.70. The van der Waals surface area contributed by atoms with Gasteiger partial charge in [-0.3, -0.25) is 4.79 Å². The van der Waals surface area contributed by atoms with Gasteiger partial charge >= 0.3 is 0 Å². The first-order valence-corrected chi connectivity index (χ1v) is 9.90. The predicted molar refractivity (Wildman–Crippen MR) is 108 cm³/mol. The summed E-state index contributed by atoms with van der Waals surface area (Å²) < 4.78 is 5.70. The van der Waals surface area contributed by atoms with E-state index in [9.17, 15) is 4.79 Å². The first-order valence-electron chi connectivity index (χ1n) is 9.02. The maximum atomic E-state index is 11.9. The van der Waals surface area contributed by atoms with Gasteiger partial charge < -0.3 is 20.3 Å². The third-order valence-corrected chi connectivity index (χ3v) is 6.64. The van der Waals surface area contributed by atoms with E-state index in [1.54, 1.807) is 37.4 Å². The molecule has 2 unspecified atom stereocenters. The van der Waals surface area contributed by atoms with Crippen LogP contribution in [0.5, 0.6) is 0 Å². The average Bonchev–Trinajstić information content (AvgIpc) is 3.11. The van der Waals surface area contributed by atoms with Crippen LogP contribution in [0.4, 0.5) is 0 Å². The second kappa shape index (κ2) is 8.39. The number of guanidine groups is 1. The van der Waals surface area contributed by atoms with E-state index >= 15 is 0 Å². The lowest BCUT2D eigenvalue weighted by Gasteiger charge is -2.59. The fraction of sp³-hybridized carbons (Fsp3) is 0.684. The fourth-order valence-electron chi connectivity index (χ4n) is 3.09. The van der Waals surface area contributed by atoms with Crippen molar-refractivity contribution in [3.63, 3.8) is 0 Å². The summed E-state index contributed by atoms with van der Waals surface area (Å²) in [5, 5.41) is 8.95. The quantitative estimate of drug-likeness (QED) is 0.562. The minimum atomic E-state index is -0.147. The number of aliphatic imine (C=N–C) groups is 1. The molecule has 2 rings (SSSR count). The highest BCUT2D eigenvalue weighted by Crippen LogP contribution is 2.51. The van der Waals surface area contributed by atoms with Crippen LogP contribution in [0.3, 0.4) is 0 Å². The van der Waals surface area contributed by atoms with E-state index in [2.05, 4.69) is 53.9 Å². The number of nitrogens with zero attached hydrogens (tertiary/aromatic N) is 2. The SMILES string of the molecule is COC1(C)CC(NC(=NCC(=O)N(C)C)NCCc2cccs2)C1(C)C. The van der Waals surface area contributed by atoms with Crippen molar-refractivity contribution in [2.45, 2.75) is 45.3 Å². The highest BCUT2D eigenvalue weighted by Gasteiger charge is 2.58. The summed E-state index contributed by atoms with van der Waals surface area (Å²) in [4.78, 5) is 19.3. The number of hydrogen-bond donors (Lipinski definition) is 2. The Morgan fingerprint density at radius 2 is 2.15 bits per heavy atom. The Labute approximate surface area is 161 Å². The molecule has 2 atom stereocenters. The lowest BCUT2D eigenvalue weighted by Crippen LogP contribution is -2.69. The van der Waals surface area contributed by atoms with Gasteiger partial charge in [0.2, 0.25) is 5.91 Å². The normalized spacial score (nSPS) is 24.7. The Kier molecular flexibility index (Phi) is 6.69. The van der Waals surface area contributed by atoms with Gasteiger partial charge in [0, 0.05) is 44.1 Å². The van der Waals surface area contributed by atoms with E-state index in [-0.39, 0.29) is 29.5 Å². The molecule has 0 bridgehead atoms. The van der Waals surface area contributed by atoms with Crippen molar-refractivity contribution in [2.75, 3.05) is 34.3 Å². The van der Waals surface area contributed by atoms with Crippen molar-refractivity contribution in [3.05, 3.63) is 22.4 Å². The van der Waals surface area contributed by atoms with Crippen molar-refractivity contribution in [3.8, 4) is 0 Å². The number of methoxy groups -OCH3 is 1. The molecule has 0 spiro atoms. The second-order valence-electron chi connectivity index (χ2n) is 7.77. The molecule has 1 aliphatic carbocycles. The molecule has 0 aliphatic heterocycles. The largest absolute Gasteiger partial charge is 0.378 e. The smallest absolute Gasteiger partial charge is 0.243 e. The number of amides is 1.